The van der Waals surface area contributed by atoms with Crippen LogP contribution in [0.3, 0.4) is 0 Å². The molecule has 0 saturated carbocycles. The van der Waals surface area contributed by atoms with E-state index in [9.17, 15) is 9.59 Å². The van der Waals surface area contributed by atoms with Gasteiger partial charge in [-0.15, -0.1) is 0 Å². The standard InChI is InChI=1S/C23H25N5O3/c1-15(22-25-18-10-6-7-11-20(18)28(22)12-13-31-3)24-21(29)14-19-16-8-4-5-9-17(16)23(30)27(2)26-19/h4-11,15H,12-14H2,1-3H3,(H,24,29)/t15-/m0/s1. The first-order valence-electron chi connectivity index (χ1n) is 10.2. The highest BCUT2D eigenvalue weighted by molar-refractivity contribution is 5.88. The van der Waals surface area contributed by atoms with Crippen LogP contribution in [-0.2, 0) is 29.5 Å². The molecule has 0 spiro atoms. The minimum atomic E-state index is -0.310. The van der Waals surface area contributed by atoms with Crippen LogP contribution in [0, 0.1) is 0 Å². The summed E-state index contributed by atoms with van der Waals surface area (Å²) in [6.45, 7) is 3.09. The molecule has 0 unspecified atom stereocenters. The Labute approximate surface area is 179 Å². The number of para-hydroxylation sites is 2. The molecule has 0 saturated heterocycles. The summed E-state index contributed by atoms with van der Waals surface area (Å²) in [5.41, 5.74) is 2.26. The number of benzene rings is 2. The second-order valence-corrected chi connectivity index (χ2v) is 7.49. The lowest BCUT2D eigenvalue weighted by atomic mass is 10.1. The molecule has 0 bridgehead atoms. The Morgan fingerprint density at radius 3 is 2.61 bits per heavy atom. The van der Waals surface area contributed by atoms with Gasteiger partial charge in [-0.3, -0.25) is 9.59 Å². The van der Waals surface area contributed by atoms with Gasteiger partial charge in [0, 0.05) is 26.1 Å². The molecular weight excluding hydrogens is 394 g/mol. The van der Waals surface area contributed by atoms with Gasteiger partial charge in [0.2, 0.25) is 5.91 Å². The van der Waals surface area contributed by atoms with Crippen LogP contribution in [0.2, 0.25) is 0 Å². The number of aryl methyl sites for hydroxylation is 1. The molecule has 1 amide bonds. The average Bonchev–Trinajstić information content (AvgIpc) is 3.14. The number of carbonyl (C=O) groups excluding carboxylic acids is 1. The number of hydrogen-bond donors (Lipinski definition) is 1. The lowest BCUT2D eigenvalue weighted by Crippen LogP contribution is -2.31. The molecular formula is C23H25N5O3. The summed E-state index contributed by atoms with van der Waals surface area (Å²) in [4.78, 5) is 29.9. The summed E-state index contributed by atoms with van der Waals surface area (Å²) < 4.78 is 8.60. The molecule has 2 heterocycles. The lowest BCUT2D eigenvalue weighted by Gasteiger charge is -2.16. The zero-order valence-corrected chi connectivity index (χ0v) is 17.8. The molecule has 8 nitrogen and oxygen atoms in total. The molecule has 0 radical (unpaired) electrons. The van der Waals surface area contributed by atoms with E-state index in [0.29, 0.717) is 29.6 Å². The Kier molecular flexibility index (Phi) is 5.81. The Morgan fingerprint density at radius 2 is 1.84 bits per heavy atom. The number of aromatic nitrogens is 4. The topological polar surface area (TPSA) is 91.0 Å². The Bertz CT molecular complexity index is 1310. The van der Waals surface area contributed by atoms with Crippen molar-refractivity contribution in [2.75, 3.05) is 13.7 Å². The third-order valence-corrected chi connectivity index (χ3v) is 5.33. The molecule has 4 aromatic rings. The van der Waals surface area contributed by atoms with E-state index in [2.05, 4.69) is 15.0 Å². The van der Waals surface area contributed by atoms with Crippen molar-refractivity contribution in [3.63, 3.8) is 0 Å². The molecule has 4 rings (SSSR count). The van der Waals surface area contributed by atoms with Gasteiger partial charge in [-0.25, -0.2) is 9.67 Å². The quantitative estimate of drug-likeness (QED) is 0.497. The van der Waals surface area contributed by atoms with Crippen LogP contribution in [-0.4, -0.2) is 39.0 Å². The zero-order chi connectivity index (χ0) is 22.0. The van der Waals surface area contributed by atoms with Gasteiger partial charge in [0.05, 0.1) is 41.2 Å². The molecule has 0 fully saturated rings. The van der Waals surface area contributed by atoms with Gasteiger partial charge in [0.15, 0.2) is 0 Å². The number of hydrogen-bond acceptors (Lipinski definition) is 5. The molecule has 0 aliphatic carbocycles. The third-order valence-electron chi connectivity index (χ3n) is 5.33. The summed E-state index contributed by atoms with van der Waals surface area (Å²) >= 11 is 0. The third kappa shape index (κ3) is 4.06. The summed E-state index contributed by atoms with van der Waals surface area (Å²) in [6.07, 6.45) is 0.0667. The Balaban J connectivity index is 1.60. The predicted octanol–water partition coefficient (Wildman–Crippen LogP) is 2.35. The van der Waals surface area contributed by atoms with E-state index in [0.717, 1.165) is 16.9 Å². The molecule has 1 atom stereocenters. The van der Waals surface area contributed by atoms with Crippen LogP contribution in [0.15, 0.2) is 53.3 Å². The highest BCUT2D eigenvalue weighted by Gasteiger charge is 2.19. The minimum Gasteiger partial charge on any atom is -0.383 e. The molecule has 0 aliphatic rings. The summed E-state index contributed by atoms with van der Waals surface area (Å²) in [7, 11) is 3.26. The number of methoxy groups -OCH3 is 1. The van der Waals surface area contributed by atoms with E-state index >= 15 is 0 Å². The first kappa shape index (κ1) is 20.7. The number of amides is 1. The van der Waals surface area contributed by atoms with E-state index < -0.39 is 0 Å². The maximum atomic E-state index is 12.9. The molecule has 2 aromatic heterocycles. The number of fused-ring (bicyclic) bond motifs is 2. The first-order chi connectivity index (χ1) is 15.0. The number of carbonyl (C=O) groups is 1. The van der Waals surface area contributed by atoms with Gasteiger partial charge in [-0.1, -0.05) is 30.3 Å². The van der Waals surface area contributed by atoms with Gasteiger partial charge in [0.25, 0.3) is 5.56 Å². The van der Waals surface area contributed by atoms with E-state index in [1.807, 2.05) is 43.3 Å². The molecule has 31 heavy (non-hydrogen) atoms. The van der Waals surface area contributed by atoms with E-state index in [-0.39, 0.29) is 23.9 Å². The molecule has 2 aromatic carbocycles. The van der Waals surface area contributed by atoms with Crippen molar-refractivity contribution in [3.05, 3.63) is 70.4 Å². The van der Waals surface area contributed by atoms with E-state index in [1.54, 1.807) is 26.3 Å². The van der Waals surface area contributed by atoms with Crippen molar-refractivity contribution < 1.29 is 9.53 Å². The summed E-state index contributed by atoms with van der Waals surface area (Å²) in [6, 6.07) is 14.8. The normalized spacial score (nSPS) is 12.4. The molecule has 1 N–H and O–H groups in total. The van der Waals surface area contributed by atoms with Gasteiger partial charge in [0.1, 0.15) is 5.82 Å². The van der Waals surface area contributed by atoms with Gasteiger partial charge in [-0.2, -0.15) is 5.10 Å². The van der Waals surface area contributed by atoms with Crippen molar-refractivity contribution in [1.82, 2.24) is 24.6 Å². The fourth-order valence-corrected chi connectivity index (χ4v) is 3.86. The second kappa shape index (κ2) is 8.69. The van der Waals surface area contributed by atoms with Gasteiger partial charge < -0.3 is 14.6 Å². The van der Waals surface area contributed by atoms with Crippen LogP contribution in [0.4, 0.5) is 0 Å². The minimum absolute atomic E-state index is 0.0667. The summed E-state index contributed by atoms with van der Waals surface area (Å²) in [5, 5.41) is 8.60. The number of nitrogens with zero attached hydrogens (tertiary/aromatic N) is 4. The monoisotopic (exact) mass is 419 g/mol. The van der Waals surface area contributed by atoms with Crippen molar-refractivity contribution in [3.8, 4) is 0 Å². The molecule has 8 heteroatoms. The van der Waals surface area contributed by atoms with Gasteiger partial charge in [-0.05, 0) is 25.1 Å². The first-order valence-corrected chi connectivity index (χ1v) is 10.2. The van der Waals surface area contributed by atoms with Crippen molar-refractivity contribution in [2.45, 2.75) is 25.9 Å². The van der Waals surface area contributed by atoms with Crippen LogP contribution >= 0.6 is 0 Å². The smallest absolute Gasteiger partial charge is 0.274 e. The highest BCUT2D eigenvalue weighted by atomic mass is 16.5. The van der Waals surface area contributed by atoms with Crippen LogP contribution < -0.4 is 10.9 Å². The van der Waals surface area contributed by atoms with Crippen LogP contribution in [0.1, 0.15) is 24.5 Å². The van der Waals surface area contributed by atoms with Crippen molar-refractivity contribution in [1.29, 1.82) is 0 Å². The number of imidazole rings is 1. The maximum Gasteiger partial charge on any atom is 0.274 e. The number of ether oxygens (including phenoxy) is 1. The fourth-order valence-electron chi connectivity index (χ4n) is 3.86. The SMILES string of the molecule is COCCn1c([C@H](C)NC(=O)Cc2nn(C)c(=O)c3ccccc23)nc2ccccc21. The Hall–Kier alpha value is -3.52. The summed E-state index contributed by atoms with van der Waals surface area (Å²) in [5.74, 6) is 0.582. The largest absolute Gasteiger partial charge is 0.383 e. The Morgan fingerprint density at radius 1 is 1.13 bits per heavy atom. The predicted molar refractivity (Wildman–Crippen MR) is 119 cm³/mol. The fraction of sp³-hybridized carbons (Fsp3) is 0.304. The van der Waals surface area contributed by atoms with Crippen LogP contribution in [0.5, 0.6) is 0 Å². The zero-order valence-electron chi connectivity index (χ0n) is 17.8. The highest BCUT2D eigenvalue weighted by Crippen LogP contribution is 2.21. The van der Waals surface area contributed by atoms with Crippen molar-refractivity contribution in [2.24, 2.45) is 7.05 Å². The van der Waals surface area contributed by atoms with Crippen LogP contribution in [0.25, 0.3) is 21.8 Å². The number of nitrogens with one attached hydrogen (secondary N) is 1. The molecule has 160 valence electrons. The second-order valence-electron chi connectivity index (χ2n) is 7.49. The van der Waals surface area contributed by atoms with E-state index in [4.69, 9.17) is 9.72 Å². The van der Waals surface area contributed by atoms with E-state index in [1.165, 1.54) is 4.68 Å². The van der Waals surface area contributed by atoms with Gasteiger partial charge >= 0.3 is 0 Å². The molecule has 0 aliphatic heterocycles. The van der Waals surface area contributed by atoms with Crippen molar-refractivity contribution >= 4 is 27.7 Å². The lowest BCUT2D eigenvalue weighted by molar-refractivity contribution is -0.121. The average molecular weight is 419 g/mol. The maximum absolute atomic E-state index is 12.9. The number of rotatable bonds is 7.